The lowest BCUT2D eigenvalue weighted by molar-refractivity contribution is -0.717. The Hall–Kier alpha value is -2.89. The van der Waals surface area contributed by atoms with Crippen LogP contribution in [0.2, 0.25) is 0 Å². The van der Waals surface area contributed by atoms with Gasteiger partial charge in [0.25, 0.3) is 11.5 Å². The molecule has 0 amide bonds. The van der Waals surface area contributed by atoms with Crippen molar-refractivity contribution in [2.45, 2.75) is 13.8 Å². The molecule has 25 heavy (non-hydrogen) atoms. The van der Waals surface area contributed by atoms with E-state index in [1.54, 1.807) is 32.0 Å². The second-order valence-corrected chi connectivity index (χ2v) is 5.72. The summed E-state index contributed by atoms with van der Waals surface area (Å²) in [6.07, 6.45) is 0. The summed E-state index contributed by atoms with van der Waals surface area (Å²) in [5.74, 6) is 0.423. The standard InChI is InChI=1S/C19H19FNO4/c1-10-11(2)14(20)7-6-12(10)18-19(22)13-8-16(23-3)17(24-4)9-15(13)21(18)25-5/h6-9H,1-5H3/q+1. The summed E-state index contributed by atoms with van der Waals surface area (Å²) < 4.78 is 25.8. The molecule has 3 rings (SSSR count). The molecule has 130 valence electrons. The van der Waals surface area contributed by atoms with E-state index in [2.05, 4.69) is 0 Å². The van der Waals surface area contributed by atoms with Crippen molar-refractivity contribution in [1.82, 2.24) is 0 Å². The van der Waals surface area contributed by atoms with Gasteiger partial charge in [0, 0.05) is 10.8 Å². The van der Waals surface area contributed by atoms with E-state index in [9.17, 15) is 9.18 Å². The first-order chi connectivity index (χ1) is 11.9. The highest BCUT2D eigenvalue weighted by Crippen LogP contribution is 2.39. The maximum Gasteiger partial charge on any atom is 0.313 e. The molecule has 0 N–H and O–H groups in total. The zero-order valence-electron chi connectivity index (χ0n) is 14.8. The van der Waals surface area contributed by atoms with Gasteiger partial charge in [-0.05, 0) is 37.1 Å². The first kappa shape index (κ1) is 17.0. The van der Waals surface area contributed by atoms with Gasteiger partial charge in [-0.15, -0.1) is 0 Å². The second-order valence-electron chi connectivity index (χ2n) is 5.72. The number of hydrogen-bond donors (Lipinski definition) is 0. The summed E-state index contributed by atoms with van der Waals surface area (Å²) in [4.78, 5) is 18.5. The van der Waals surface area contributed by atoms with E-state index >= 15 is 0 Å². The fraction of sp³-hybridized carbons (Fsp3) is 0.263. The van der Waals surface area contributed by atoms with Crippen LogP contribution in [0.1, 0.15) is 27.0 Å². The van der Waals surface area contributed by atoms with Crippen LogP contribution in [0.25, 0.3) is 0 Å². The molecule has 0 bridgehead atoms. The number of ether oxygens (including phenoxy) is 2. The van der Waals surface area contributed by atoms with Gasteiger partial charge in [-0.2, -0.15) is 0 Å². The smallest absolute Gasteiger partial charge is 0.313 e. The van der Waals surface area contributed by atoms with Crippen molar-refractivity contribution in [3.8, 4) is 11.5 Å². The Balaban J connectivity index is 2.27. The van der Waals surface area contributed by atoms with Gasteiger partial charge in [-0.25, -0.2) is 4.39 Å². The third kappa shape index (κ3) is 2.45. The lowest BCUT2D eigenvalue weighted by Gasteiger charge is -2.07. The lowest BCUT2D eigenvalue weighted by Crippen LogP contribution is -2.21. The van der Waals surface area contributed by atoms with E-state index in [0.29, 0.717) is 45.2 Å². The number of fused-ring (bicyclic) bond motifs is 1. The van der Waals surface area contributed by atoms with Crippen molar-refractivity contribution in [3.63, 3.8) is 0 Å². The van der Waals surface area contributed by atoms with E-state index in [1.165, 1.54) is 32.1 Å². The van der Waals surface area contributed by atoms with Gasteiger partial charge in [0.2, 0.25) is 0 Å². The van der Waals surface area contributed by atoms with Crippen molar-refractivity contribution in [1.29, 1.82) is 0 Å². The molecule has 0 saturated heterocycles. The van der Waals surface area contributed by atoms with Gasteiger partial charge in [0.15, 0.2) is 11.5 Å². The van der Waals surface area contributed by atoms with Gasteiger partial charge >= 0.3 is 5.71 Å². The number of ketones is 1. The van der Waals surface area contributed by atoms with Crippen LogP contribution in [-0.2, 0) is 4.84 Å². The number of hydrogen-bond acceptors (Lipinski definition) is 4. The van der Waals surface area contributed by atoms with Crippen LogP contribution in [0.15, 0.2) is 24.3 Å². The van der Waals surface area contributed by atoms with E-state index in [0.717, 1.165) is 0 Å². The summed E-state index contributed by atoms with van der Waals surface area (Å²) in [7, 11) is 4.51. The normalized spacial score (nSPS) is 13.1. The molecule has 0 atom stereocenters. The highest BCUT2D eigenvalue weighted by Gasteiger charge is 2.43. The molecule has 0 unspecified atom stereocenters. The van der Waals surface area contributed by atoms with Gasteiger partial charge in [0.05, 0.1) is 25.8 Å². The SMILES string of the molecule is COc1cc2c(cc1OC)[N+](OC)=C(c1ccc(F)c(C)c1C)C2=O. The van der Waals surface area contributed by atoms with E-state index in [-0.39, 0.29) is 11.6 Å². The number of nitrogens with zero attached hydrogens (tertiary/aromatic N) is 1. The second kappa shape index (κ2) is 6.20. The molecular formula is C19H19FNO4+. The zero-order chi connectivity index (χ0) is 18.3. The Labute approximate surface area is 145 Å². The Kier molecular flexibility index (Phi) is 4.20. The van der Waals surface area contributed by atoms with Gasteiger partial charge in [0.1, 0.15) is 18.5 Å². The van der Waals surface area contributed by atoms with Crippen molar-refractivity contribution < 1.29 is 28.2 Å². The van der Waals surface area contributed by atoms with Crippen molar-refractivity contribution in [2.75, 3.05) is 21.3 Å². The van der Waals surface area contributed by atoms with Crippen LogP contribution in [0.3, 0.4) is 0 Å². The highest BCUT2D eigenvalue weighted by atomic mass is 19.1. The average Bonchev–Trinajstić information content (AvgIpc) is 2.89. The fourth-order valence-electron chi connectivity index (χ4n) is 3.02. The van der Waals surface area contributed by atoms with Crippen molar-refractivity contribution in [2.24, 2.45) is 0 Å². The molecule has 0 spiro atoms. The third-order valence-electron chi connectivity index (χ3n) is 4.54. The lowest BCUT2D eigenvalue weighted by atomic mass is 9.96. The van der Waals surface area contributed by atoms with Crippen LogP contribution in [0.4, 0.5) is 10.1 Å². The third-order valence-corrected chi connectivity index (χ3v) is 4.54. The zero-order valence-corrected chi connectivity index (χ0v) is 14.8. The predicted molar refractivity (Wildman–Crippen MR) is 90.8 cm³/mol. The number of carbonyl (C=O) groups excluding carboxylic acids is 1. The Morgan fingerprint density at radius 1 is 0.920 bits per heavy atom. The molecule has 0 radical (unpaired) electrons. The van der Waals surface area contributed by atoms with Crippen LogP contribution in [0.5, 0.6) is 11.5 Å². The van der Waals surface area contributed by atoms with Crippen LogP contribution >= 0.6 is 0 Å². The molecule has 1 aliphatic rings. The Bertz CT molecular complexity index is 918. The first-order valence-electron chi connectivity index (χ1n) is 7.72. The summed E-state index contributed by atoms with van der Waals surface area (Å²) in [6, 6.07) is 6.27. The summed E-state index contributed by atoms with van der Waals surface area (Å²) >= 11 is 0. The van der Waals surface area contributed by atoms with E-state index in [1.807, 2.05) is 0 Å². The summed E-state index contributed by atoms with van der Waals surface area (Å²) in [5.41, 5.74) is 3.16. The van der Waals surface area contributed by atoms with Gasteiger partial charge in [-0.1, -0.05) is 0 Å². The minimum atomic E-state index is -0.308. The molecule has 0 aromatic heterocycles. The largest absolute Gasteiger partial charge is 0.493 e. The molecule has 2 aromatic carbocycles. The maximum atomic E-state index is 13.8. The first-order valence-corrected chi connectivity index (χ1v) is 7.72. The molecule has 1 heterocycles. The topological polar surface area (TPSA) is 47.8 Å². The molecule has 0 aliphatic carbocycles. The van der Waals surface area contributed by atoms with E-state index in [4.69, 9.17) is 14.3 Å². The minimum Gasteiger partial charge on any atom is -0.493 e. The van der Waals surface area contributed by atoms with Crippen LogP contribution in [0, 0.1) is 19.7 Å². The average molecular weight is 344 g/mol. The van der Waals surface area contributed by atoms with Gasteiger partial charge in [-0.3, -0.25) is 9.63 Å². The van der Waals surface area contributed by atoms with Crippen LogP contribution < -0.4 is 9.47 Å². The molecule has 1 aliphatic heterocycles. The van der Waals surface area contributed by atoms with Crippen molar-refractivity contribution >= 4 is 17.2 Å². The fourth-order valence-corrected chi connectivity index (χ4v) is 3.02. The molecule has 0 saturated carbocycles. The summed E-state index contributed by atoms with van der Waals surface area (Å²) in [6.45, 7) is 3.47. The number of halogens is 1. The molecule has 2 aromatic rings. The molecular weight excluding hydrogens is 325 g/mol. The van der Waals surface area contributed by atoms with Crippen molar-refractivity contribution in [3.05, 3.63) is 52.3 Å². The number of Topliss-reactive ketones (excluding diaryl/α,β-unsaturated/α-hetero) is 1. The van der Waals surface area contributed by atoms with Crippen LogP contribution in [-0.4, -0.2) is 37.6 Å². The summed E-state index contributed by atoms with van der Waals surface area (Å²) in [5, 5.41) is 0. The molecule has 5 nitrogen and oxygen atoms in total. The quantitative estimate of drug-likeness (QED) is 0.798. The monoisotopic (exact) mass is 344 g/mol. The maximum absolute atomic E-state index is 13.8. The molecule has 6 heteroatoms. The highest BCUT2D eigenvalue weighted by molar-refractivity contribution is 6.52. The Morgan fingerprint density at radius 3 is 2.16 bits per heavy atom. The van der Waals surface area contributed by atoms with E-state index < -0.39 is 0 Å². The Morgan fingerprint density at radius 2 is 1.56 bits per heavy atom. The number of benzene rings is 2. The number of carbonyl (C=O) groups is 1. The number of methoxy groups -OCH3 is 2. The predicted octanol–water partition coefficient (Wildman–Crippen LogP) is 3.35. The molecule has 0 fully saturated rings. The minimum absolute atomic E-state index is 0.216. The number of rotatable bonds is 4. The van der Waals surface area contributed by atoms with Gasteiger partial charge < -0.3 is 9.47 Å².